The maximum absolute atomic E-state index is 12.4. The molecule has 1 aliphatic heterocycles. The summed E-state index contributed by atoms with van der Waals surface area (Å²) in [6, 6.07) is 11.1. The van der Waals surface area contributed by atoms with Gasteiger partial charge >= 0.3 is 0 Å². The third-order valence-corrected chi connectivity index (χ3v) is 5.61. The first-order valence-electron chi connectivity index (χ1n) is 9.45. The number of amides is 2. The van der Waals surface area contributed by atoms with Crippen molar-refractivity contribution < 1.29 is 14.3 Å². The maximum atomic E-state index is 12.4. The van der Waals surface area contributed by atoms with Crippen molar-refractivity contribution in [2.24, 2.45) is 0 Å². The SMILES string of the molecule is CC(CCC1CCCO1)NC(=O)c1ccc(CNC(=O)c2cccs2)cc1. The Morgan fingerprint density at radius 2 is 2.04 bits per heavy atom. The molecular weight excluding hydrogens is 360 g/mol. The van der Waals surface area contributed by atoms with Crippen LogP contribution in [-0.2, 0) is 11.3 Å². The number of benzene rings is 1. The van der Waals surface area contributed by atoms with Crippen LogP contribution >= 0.6 is 11.3 Å². The van der Waals surface area contributed by atoms with Gasteiger partial charge in [-0.2, -0.15) is 0 Å². The highest BCUT2D eigenvalue weighted by Gasteiger charge is 2.17. The van der Waals surface area contributed by atoms with Crippen molar-refractivity contribution in [3.05, 3.63) is 57.8 Å². The Balaban J connectivity index is 1.43. The number of rotatable bonds is 8. The molecule has 0 saturated carbocycles. The predicted molar refractivity (Wildman–Crippen MR) is 107 cm³/mol. The zero-order chi connectivity index (χ0) is 19.1. The fourth-order valence-electron chi connectivity index (χ4n) is 3.14. The summed E-state index contributed by atoms with van der Waals surface area (Å²) < 4.78 is 5.63. The summed E-state index contributed by atoms with van der Waals surface area (Å²) in [7, 11) is 0. The molecule has 6 heteroatoms. The Hall–Kier alpha value is -2.18. The fraction of sp³-hybridized carbons (Fsp3) is 0.429. The van der Waals surface area contributed by atoms with Crippen LogP contribution in [0.25, 0.3) is 0 Å². The molecule has 5 nitrogen and oxygen atoms in total. The highest BCUT2D eigenvalue weighted by Crippen LogP contribution is 2.18. The van der Waals surface area contributed by atoms with E-state index in [0.29, 0.717) is 23.1 Å². The van der Waals surface area contributed by atoms with Crippen molar-refractivity contribution in [2.75, 3.05) is 6.61 Å². The molecule has 2 atom stereocenters. The predicted octanol–water partition coefficient (Wildman–Crippen LogP) is 3.76. The lowest BCUT2D eigenvalue weighted by molar-refractivity contribution is 0.0898. The molecule has 27 heavy (non-hydrogen) atoms. The van der Waals surface area contributed by atoms with Crippen molar-refractivity contribution in [1.82, 2.24) is 10.6 Å². The first-order valence-corrected chi connectivity index (χ1v) is 10.3. The van der Waals surface area contributed by atoms with Gasteiger partial charge in [-0.05, 0) is 61.7 Å². The highest BCUT2D eigenvalue weighted by atomic mass is 32.1. The van der Waals surface area contributed by atoms with Crippen molar-refractivity contribution in [3.8, 4) is 0 Å². The molecule has 0 bridgehead atoms. The normalized spacial score (nSPS) is 17.4. The van der Waals surface area contributed by atoms with Crippen LogP contribution in [0.3, 0.4) is 0 Å². The average Bonchev–Trinajstić information content (AvgIpc) is 3.38. The van der Waals surface area contributed by atoms with Crippen LogP contribution in [0.5, 0.6) is 0 Å². The minimum absolute atomic E-state index is 0.0657. The number of hydrogen-bond donors (Lipinski definition) is 2. The Labute approximate surface area is 164 Å². The summed E-state index contributed by atoms with van der Waals surface area (Å²) in [6.07, 6.45) is 4.54. The maximum Gasteiger partial charge on any atom is 0.261 e. The van der Waals surface area contributed by atoms with Crippen LogP contribution in [-0.4, -0.2) is 30.6 Å². The zero-order valence-electron chi connectivity index (χ0n) is 15.6. The van der Waals surface area contributed by atoms with E-state index < -0.39 is 0 Å². The van der Waals surface area contributed by atoms with Gasteiger partial charge < -0.3 is 15.4 Å². The topological polar surface area (TPSA) is 67.4 Å². The molecule has 1 saturated heterocycles. The monoisotopic (exact) mass is 386 g/mol. The van der Waals surface area contributed by atoms with Crippen molar-refractivity contribution in [2.45, 2.75) is 51.3 Å². The van der Waals surface area contributed by atoms with Crippen LogP contribution in [0.4, 0.5) is 0 Å². The molecule has 2 amide bonds. The van der Waals surface area contributed by atoms with Crippen LogP contribution in [0.2, 0.25) is 0 Å². The molecule has 1 fully saturated rings. The van der Waals surface area contributed by atoms with Gasteiger partial charge in [-0.25, -0.2) is 0 Å². The third-order valence-electron chi connectivity index (χ3n) is 4.74. The minimum Gasteiger partial charge on any atom is -0.378 e. The van der Waals surface area contributed by atoms with Crippen LogP contribution in [0, 0.1) is 0 Å². The first-order chi connectivity index (χ1) is 13.1. The molecule has 2 unspecified atom stereocenters. The first kappa shape index (κ1) is 19.6. The molecular formula is C21H26N2O3S. The smallest absolute Gasteiger partial charge is 0.261 e. The van der Waals surface area contributed by atoms with E-state index in [1.54, 1.807) is 18.2 Å². The Morgan fingerprint density at radius 1 is 1.22 bits per heavy atom. The van der Waals surface area contributed by atoms with Crippen molar-refractivity contribution >= 4 is 23.2 Å². The van der Waals surface area contributed by atoms with Crippen LogP contribution in [0.1, 0.15) is 58.2 Å². The summed E-state index contributed by atoms with van der Waals surface area (Å²) in [4.78, 5) is 25.0. The quantitative estimate of drug-likeness (QED) is 0.726. The molecule has 2 aromatic rings. The van der Waals surface area contributed by atoms with E-state index >= 15 is 0 Å². The van der Waals surface area contributed by atoms with E-state index in [1.807, 2.05) is 30.5 Å². The lowest BCUT2D eigenvalue weighted by Gasteiger charge is -2.16. The van der Waals surface area contributed by atoms with Gasteiger partial charge in [0.15, 0.2) is 0 Å². The van der Waals surface area contributed by atoms with Crippen LogP contribution in [0.15, 0.2) is 41.8 Å². The van der Waals surface area contributed by atoms with Gasteiger partial charge in [-0.1, -0.05) is 18.2 Å². The molecule has 144 valence electrons. The van der Waals surface area contributed by atoms with Gasteiger partial charge in [0.05, 0.1) is 11.0 Å². The molecule has 2 heterocycles. The number of ether oxygens (including phenoxy) is 1. The molecule has 0 aliphatic carbocycles. The molecule has 0 radical (unpaired) electrons. The van der Waals surface area contributed by atoms with E-state index in [4.69, 9.17) is 4.74 Å². The van der Waals surface area contributed by atoms with Gasteiger partial charge in [0, 0.05) is 24.8 Å². The summed E-state index contributed by atoms with van der Waals surface area (Å²) in [5.41, 5.74) is 1.59. The van der Waals surface area contributed by atoms with E-state index in [-0.39, 0.29) is 17.9 Å². The minimum atomic E-state index is -0.0770. The van der Waals surface area contributed by atoms with Crippen molar-refractivity contribution in [3.63, 3.8) is 0 Å². The number of thiophene rings is 1. The van der Waals surface area contributed by atoms with Crippen LogP contribution < -0.4 is 10.6 Å². The zero-order valence-corrected chi connectivity index (χ0v) is 16.4. The van der Waals surface area contributed by atoms with E-state index in [0.717, 1.165) is 37.9 Å². The second kappa shape index (κ2) is 9.67. The summed E-state index contributed by atoms with van der Waals surface area (Å²) >= 11 is 1.42. The van der Waals surface area contributed by atoms with E-state index in [1.165, 1.54) is 11.3 Å². The van der Waals surface area contributed by atoms with Gasteiger partial charge in [-0.3, -0.25) is 9.59 Å². The van der Waals surface area contributed by atoms with Gasteiger partial charge in [-0.15, -0.1) is 11.3 Å². The number of carbonyl (C=O) groups is 2. The summed E-state index contributed by atoms with van der Waals surface area (Å²) in [5.74, 6) is -0.143. The standard InChI is InChI=1S/C21H26N2O3S/c1-15(6-11-18-4-2-12-26-18)23-20(24)17-9-7-16(8-10-17)14-22-21(25)19-5-3-13-27-19/h3,5,7-10,13,15,18H,2,4,6,11-12,14H2,1H3,(H,22,25)(H,23,24). The summed E-state index contributed by atoms with van der Waals surface area (Å²) in [5, 5.41) is 7.81. The van der Waals surface area contributed by atoms with Gasteiger partial charge in [0.25, 0.3) is 11.8 Å². The largest absolute Gasteiger partial charge is 0.378 e. The second-order valence-electron chi connectivity index (χ2n) is 6.94. The van der Waals surface area contributed by atoms with Gasteiger partial charge in [0.1, 0.15) is 0 Å². The molecule has 1 aliphatic rings. The highest BCUT2D eigenvalue weighted by molar-refractivity contribution is 7.12. The Bertz CT molecular complexity index is 737. The molecule has 1 aromatic carbocycles. The Kier molecular flexibility index (Phi) is 7.01. The van der Waals surface area contributed by atoms with Crippen molar-refractivity contribution in [1.29, 1.82) is 0 Å². The fourth-order valence-corrected chi connectivity index (χ4v) is 3.78. The number of hydrogen-bond acceptors (Lipinski definition) is 4. The lowest BCUT2D eigenvalue weighted by Crippen LogP contribution is -2.33. The molecule has 1 aromatic heterocycles. The third kappa shape index (κ3) is 5.91. The molecule has 3 rings (SSSR count). The lowest BCUT2D eigenvalue weighted by atomic mass is 10.1. The molecule has 2 N–H and O–H groups in total. The average molecular weight is 387 g/mol. The summed E-state index contributed by atoms with van der Waals surface area (Å²) in [6.45, 7) is 3.34. The number of nitrogens with one attached hydrogen (secondary N) is 2. The number of carbonyl (C=O) groups excluding carboxylic acids is 2. The van der Waals surface area contributed by atoms with E-state index in [9.17, 15) is 9.59 Å². The second-order valence-corrected chi connectivity index (χ2v) is 7.89. The van der Waals surface area contributed by atoms with E-state index in [2.05, 4.69) is 10.6 Å². The van der Waals surface area contributed by atoms with Gasteiger partial charge in [0.2, 0.25) is 0 Å². The molecule has 0 spiro atoms. The Morgan fingerprint density at radius 3 is 2.70 bits per heavy atom.